The zero-order valence-corrected chi connectivity index (χ0v) is 12.6. The van der Waals surface area contributed by atoms with E-state index in [-0.39, 0.29) is 25.1 Å². The second-order valence-electron chi connectivity index (χ2n) is 4.06. The fourth-order valence-electron chi connectivity index (χ4n) is 1.40. The first-order chi connectivity index (χ1) is 10.7. The molecule has 0 bridgehead atoms. The molecule has 0 amide bonds. The van der Waals surface area contributed by atoms with Gasteiger partial charge < -0.3 is 28.4 Å². The molecule has 1 rings (SSSR count). The maximum absolute atomic E-state index is 13.8. The predicted octanol–water partition coefficient (Wildman–Crippen LogP) is 1.97. The Hall–Kier alpha value is -1.61. The quantitative estimate of drug-likeness (QED) is 0.433. The van der Waals surface area contributed by atoms with E-state index >= 15 is 0 Å². The third-order valence-corrected chi connectivity index (χ3v) is 2.43. The molecular formula is C14H20FO7. The van der Waals surface area contributed by atoms with E-state index in [4.69, 9.17) is 28.4 Å². The van der Waals surface area contributed by atoms with Gasteiger partial charge in [-0.1, -0.05) is 0 Å². The van der Waals surface area contributed by atoms with Crippen LogP contribution in [0.2, 0.25) is 0 Å². The highest BCUT2D eigenvalue weighted by Crippen LogP contribution is 2.34. The van der Waals surface area contributed by atoms with Crippen molar-refractivity contribution >= 4 is 0 Å². The van der Waals surface area contributed by atoms with Gasteiger partial charge in [0.25, 0.3) is 0 Å². The molecule has 1 radical (unpaired) electrons. The summed E-state index contributed by atoms with van der Waals surface area (Å²) in [6.45, 7) is 1.05. The van der Waals surface area contributed by atoms with E-state index in [1.54, 1.807) is 0 Å². The molecule has 8 heteroatoms. The Morgan fingerprint density at radius 1 is 0.909 bits per heavy atom. The number of benzene rings is 1. The van der Waals surface area contributed by atoms with Crippen LogP contribution in [0.3, 0.4) is 0 Å². The average Bonchev–Trinajstić information content (AvgIpc) is 2.48. The minimum absolute atomic E-state index is 0.0437. The normalized spacial score (nSPS) is 10.7. The molecule has 0 unspecified atom stereocenters. The summed E-state index contributed by atoms with van der Waals surface area (Å²) in [5, 5.41) is 11.3. The SMILES string of the molecule is COCCOCOc1cc([O])cc(F)c1OCOCCOC. The van der Waals surface area contributed by atoms with Crippen molar-refractivity contribution in [1.82, 2.24) is 0 Å². The largest absolute Gasteiger partial charge is 0.463 e. The van der Waals surface area contributed by atoms with Crippen molar-refractivity contribution < 1.29 is 37.9 Å². The van der Waals surface area contributed by atoms with Gasteiger partial charge in [-0.05, 0) is 0 Å². The van der Waals surface area contributed by atoms with Crippen LogP contribution in [0.25, 0.3) is 0 Å². The van der Waals surface area contributed by atoms with Crippen LogP contribution in [0, 0.1) is 5.82 Å². The Bertz CT molecular complexity index is 428. The van der Waals surface area contributed by atoms with Crippen LogP contribution in [-0.2, 0) is 24.1 Å². The molecule has 0 aliphatic rings. The highest BCUT2D eigenvalue weighted by Gasteiger charge is 2.15. The molecule has 0 saturated heterocycles. The molecule has 1 aromatic carbocycles. The summed E-state index contributed by atoms with van der Waals surface area (Å²) in [6, 6.07) is 1.93. The Morgan fingerprint density at radius 2 is 1.50 bits per heavy atom. The van der Waals surface area contributed by atoms with Crippen LogP contribution in [-0.4, -0.2) is 54.2 Å². The fraction of sp³-hybridized carbons (Fsp3) is 0.571. The lowest BCUT2D eigenvalue weighted by molar-refractivity contribution is -0.0221. The lowest BCUT2D eigenvalue weighted by Crippen LogP contribution is -2.11. The van der Waals surface area contributed by atoms with Crippen molar-refractivity contribution in [3.05, 3.63) is 17.9 Å². The summed E-state index contributed by atoms with van der Waals surface area (Å²) in [5.41, 5.74) is 0. The molecule has 125 valence electrons. The first-order valence-electron chi connectivity index (χ1n) is 6.58. The molecule has 0 aromatic heterocycles. The molecule has 0 fully saturated rings. The van der Waals surface area contributed by atoms with Crippen molar-refractivity contribution in [1.29, 1.82) is 0 Å². The zero-order valence-electron chi connectivity index (χ0n) is 12.6. The van der Waals surface area contributed by atoms with E-state index in [0.717, 1.165) is 12.1 Å². The van der Waals surface area contributed by atoms with Gasteiger partial charge in [0.05, 0.1) is 26.4 Å². The van der Waals surface area contributed by atoms with Crippen LogP contribution in [0.1, 0.15) is 0 Å². The van der Waals surface area contributed by atoms with Gasteiger partial charge in [-0.25, -0.2) is 4.39 Å². The van der Waals surface area contributed by atoms with E-state index in [1.165, 1.54) is 14.2 Å². The standard InChI is InChI=1S/C14H20FO7/c1-17-3-5-19-9-21-13-8-11(16)7-12(15)14(13)22-10-20-6-4-18-2/h7-8H,3-6,9-10H2,1-2H3. The van der Waals surface area contributed by atoms with Crippen molar-refractivity contribution in [2.24, 2.45) is 0 Å². The summed E-state index contributed by atoms with van der Waals surface area (Å²) in [6.07, 6.45) is 0. The summed E-state index contributed by atoms with van der Waals surface area (Å²) in [7, 11) is 3.07. The van der Waals surface area contributed by atoms with Gasteiger partial charge in [-0.2, -0.15) is 0 Å². The predicted molar refractivity (Wildman–Crippen MR) is 73.2 cm³/mol. The maximum Gasteiger partial charge on any atom is 0.200 e. The molecule has 1 aromatic rings. The number of halogens is 1. The van der Waals surface area contributed by atoms with Gasteiger partial charge in [0.2, 0.25) is 0 Å². The Morgan fingerprint density at radius 3 is 2.09 bits per heavy atom. The summed E-state index contributed by atoms with van der Waals surface area (Å²) in [4.78, 5) is 0. The molecule has 22 heavy (non-hydrogen) atoms. The second kappa shape index (κ2) is 11.0. The molecule has 0 atom stereocenters. The highest BCUT2D eigenvalue weighted by atomic mass is 19.1. The molecule has 0 saturated carbocycles. The summed E-state index contributed by atoms with van der Waals surface area (Å²) in [5.74, 6) is -1.60. The topological polar surface area (TPSA) is 75.3 Å². The zero-order chi connectivity index (χ0) is 16.2. The lowest BCUT2D eigenvalue weighted by atomic mass is 10.3. The monoisotopic (exact) mass is 319 g/mol. The molecular weight excluding hydrogens is 299 g/mol. The second-order valence-corrected chi connectivity index (χ2v) is 4.06. The average molecular weight is 319 g/mol. The van der Waals surface area contributed by atoms with Gasteiger partial charge in [0, 0.05) is 26.4 Å². The Labute approximate surface area is 128 Å². The van der Waals surface area contributed by atoms with Crippen LogP contribution in [0.5, 0.6) is 17.2 Å². The van der Waals surface area contributed by atoms with Gasteiger partial charge >= 0.3 is 0 Å². The van der Waals surface area contributed by atoms with Gasteiger partial charge in [0.15, 0.2) is 36.7 Å². The van der Waals surface area contributed by atoms with E-state index in [2.05, 4.69) is 0 Å². The maximum atomic E-state index is 13.8. The smallest absolute Gasteiger partial charge is 0.200 e. The number of ether oxygens (including phenoxy) is 6. The van der Waals surface area contributed by atoms with Crippen molar-refractivity contribution in [2.45, 2.75) is 0 Å². The van der Waals surface area contributed by atoms with Gasteiger partial charge in [-0.15, -0.1) is 0 Å². The number of hydrogen-bond donors (Lipinski definition) is 0. The van der Waals surface area contributed by atoms with Crippen LogP contribution < -0.4 is 9.47 Å². The molecule has 7 nitrogen and oxygen atoms in total. The van der Waals surface area contributed by atoms with Crippen LogP contribution >= 0.6 is 0 Å². The first-order valence-corrected chi connectivity index (χ1v) is 6.58. The van der Waals surface area contributed by atoms with Crippen molar-refractivity contribution in [2.75, 3.05) is 54.2 Å². The molecule has 0 N–H and O–H groups in total. The Kier molecular flexibility index (Phi) is 9.24. The van der Waals surface area contributed by atoms with Crippen LogP contribution in [0.4, 0.5) is 4.39 Å². The minimum Gasteiger partial charge on any atom is -0.463 e. The molecule has 0 spiro atoms. The first kappa shape index (κ1) is 18.4. The summed E-state index contributed by atoms with van der Waals surface area (Å²) >= 11 is 0. The third kappa shape index (κ3) is 6.90. The molecule has 0 heterocycles. The van der Waals surface area contributed by atoms with Gasteiger partial charge in [0.1, 0.15) is 0 Å². The Balaban J connectivity index is 2.53. The third-order valence-electron chi connectivity index (χ3n) is 2.43. The number of rotatable bonds is 12. The van der Waals surface area contributed by atoms with E-state index in [0.29, 0.717) is 26.4 Å². The minimum atomic E-state index is -0.824. The van der Waals surface area contributed by atoms with E-state index in [9.17, 15) is 9.50 Å². The van der Waals surface area contributed by atoms with Crippen LogP contribution in [0.15, 0.2) is 12.1 Å². The number of hydrogen-bond acceptors (Lipinski definition) is 6. The van der Waals surface area contributed by atoms with E-state index in [1.807, 2.05) is 0 Å². The van der Waals surface area contributed by atoms with Crippen molar-refractivity contribution in [3.63, 3.8) is 0 Å². The molecule has 0 aliphatic carbocycles. The molecule has 0 aliphatic heterocycles. The van der Waals surface area contributed by atoms with E-state index < -0.39 is 11.6 Å². The fourth-order valence-corrected chi connectivity index (χ4v) is 1.40. The van der Waals surface area contributed by atoms with Crippen molar-refractivity contribution in [3.8, 4) is 17.2 Å². The highest BCUT2D eigenvalue weighted by molar-refractivity contribution is 5.46. The lowest BCUT2D eigenvalue weighted by Gasteiger charge is -2.13. The van der Waals surface area contributed by atoms with Gasteiger partial charge in [-0.3, -0.25) is 5.11 Å². The number of methoxy groups -OCH3 is 2. The summed E-state index contributed by atoms with van der Waals surface area (Å²) < 4.78 is 43.9.